The number of amides is 1. The summed E-state index contributed by atoms with van der Waals surface area (Å²) in [5, 5.41) is 17.2. The molecule has 0 unspecified atom stereocenters. The SMILES string of the molecule is Cc1ccc([C@H]2/C(=C(\O)c3ccc4ccccc4c3)C(=O)C(=O)N2c2cc(C)on2)cc1. The number of nitrogens with zero attached hydrogens (tertiary/aromatic N) is 2. The molecular weight excluding hydrogens is 404 g/mol. The number of carbonyl (C=O) groups excluding carboxylic acids is 2. The largest absolute Gasteiger partial charge is 0.507 e. The van der Waals surface area contributed by atoms with E-state index in [0.29, 0.717) is 16.9 Å². The van der Waals surface area contributed by atoms with E-state index in [9.17, 15) is 14.7 Å². The van der Waals surface area contributed by atoms with Crippen LogP contribution in [0.15, 0.2) is 82.9 Å². The van der Waals surface area contributed by atoms with E-state index in [1.165, 1.54) is 4.90 Å². The zero-order valence-corrected chi connectivity index (χ0v) is 17.6. The Kier molecular flexibility index (Phi) is 4.63. The summed E-state index contributed by atoms with van der Waals surface area (Å²) in [5.41, 5.74) is 2.22. The Balaban J connectivity index is 1.72. The molecule has 32 heavy (non-hydrogen) atoms. The van der Waals surface area contributed by atoms with Gasteiger partial charge in [-0.2, -0.15) is 0 Å². The van der Waals surface area contributed by atoms with Gasteiger partial charge in [0, 0.05) is 11.6 Å². The quantitative estimate of drug-likeness (QED) is 0.282. The van der Waals surface area contributed by atoms with Crippen LogP contribution < -0.4 is 4.90 Å². The van der Waals surface area contributed by atoms with Crippen LogP contribution >= 0.6 is 0 Å². The number of hydrogen-bond acceptors (Lipinski definition) is 5. The average molecular weight is 424 g/mol. The van der Waals surface area contributed by atoms with Gasteiger partial charge in [-0.05, 0) is 36.2 Å². The van der Waals surface area contributed by atoms with Gasteiger partial charge in [-0.1, -0.05) is 71.4 Å². The fourth-order valence-corrected chi connectivity index (χ4v) is 4.09. The van der Waals surface area contributed by atoms with Crippen molar-refractivity contribution in [2.24, 2.45) is 0 Å². The average Bonchev–Trinajstić information content (AvgIpc) is 3.34. The maximum Gasteiger partial charge on any atom is 0.301 e. The summed E-state index contributed by atoms with van der Waals surface area (Å²) in [5.74, 6) is -0.998. The van der Waals surface area contributed by atoms with Crippen molar-refractivity contribution in [3.8, 4) is 0 Å². The first-order chi connectivity index (χ1) is 15.4. The molecule has 1 atom stereocenters. The third-order valence-corrected chi connectivity index (χ3v) is 5.72. The molecule has 1 N–H and O–H groups in total. The number of ketones is 1. The van der Waals surface area contributed by atoms with E-state index in [1.54, 1.807) is 19.1 Å². The second kappa shape index (κ2) is 7.50. The summed E-state index contributed by atoms with van der Waals surface area (Å²) < 4.78 is 5.16. The molecule has 1 fully saturated rings. The third kappa shape index (κ3) is 3.17. The lowest BCUT2D eigenvalue weighted by atomic mass is 9.94. The number of hydrogen-bond donors (Lipinski definition) is 1. The number of aliphatic hydroxyl groups excluding tert-OH is 1. The van der Waals surface area contributed by atoms with Gasteiger partial charge < -0.3 is 9.63 Å². The number of aromatic nitrogens is 1. The molecule has 6 nitrogen and oxygen atoms in total. The first-order valence-corrected chi connectivity index (χ1v) is 10.2. The number of anilines is 1. The smallest absolute Gasteiger partial charge is 0.301 e. The molecule has 0 bridgehead atoms. The van der Waals surface area contributed by atoms with Crippen LogP contribution in [-0.2, 0) is 9.59 Å². The van der Waals surface area contributed by atoms with Crippen LogP contribution in [0.25, 0.3) is 16.5 Å². The van der Waals surface area contributed by atoms with Gasteiger partial charge in [-0.25, -0.2) is 0 Å². The molecule has 1 amide bonds. The first-order valence-electron chi connectivity index (χ1n) is 10.2. The number of aliphatic hydroxyl groups is 1. The standard InChI is InChI=1S/C26H20N2O4/c1-15-7-9-18(10-8-15)23-22(25(30)26(31)28(23)21-13-16(2)32-27-21)24(29)20-12-11-17-5-3-4-6-19(17)14-20/h3-14,23,29H,1-2H3/b24-22+/t23-/m0/s1. The van der Waals surface area contributed by atoms with Crippen molar-refractivity contribution in [1.29, 1.82) is 0 Å². The monoisotopic (exact) mass is 424 g/mol. The lowest BCUT2D eigenvalue weighted by Gasteiger charge is -2.23. The maximum atomic E-state index is 13.2. The second-order valence-electron chi connectivity index (χ2n) is 7.94. The van der Waals surface area contributed by atoms with Crippen LogP contribution in [0.4, 0.5) is 5.82 Å². The molecule has 0 aliphatic carbocycles. The van der Waals surface area contributed by atoms with Crippen LogP contribution in [0, 0.1) is 13.8 Å². The van der Waals surface area contributed by atoms with Gasteiger partial charge in [-0.3, -0.25) is 14.5 Å². The van der Waals surface area contributed by atoms with Crippen LogP contribution in [-0.4, -0.2) is 22.0 Å². The summed E-state index contributed by atoms with van der Waals surface area (Å²) in [6.45, 7) is 3.67. The van der Waals surface area contributed by atoms with E-state index in [-0.39, 0.29) is 17.2 Å². The van der Waals surface area contributed by atoms with Gasteiger partial charge in [0.15, 0.2) is 5.82 Å². The van der Waals surface area contributed by atoms with Crippen molar-refractivity contribution in [3.63, 3.8) is 0 Å². The highest BCUT2D eigenvalue weighted by atomic mass is 16.5. The molecule has 4 aromatic rings. The Morgan fingerprint density at radius 3 is 2.34 bits per heavy atom. The van der Waals surface area contributed by atoms with E-state index >= 15 is 0 Å². The number of rotatable bonds is 3. The fourth-order valence-electron chi connectivity index (χ4n) is 4.09. The Bertz CT molecular complexity index is 1400. The number of fused-ring (bicyclic) bond motifs is 1. The maximum absolute atomic E-state index is 13.2. The van der Waals surface area contributed by atoms with Gasteiger partial charge in [0.05, 0.1) is 11.6 Å². The highest BCUT2D eigenvalue weighted by molar-refractivity contribution is 6.51. The number of aryl methyl sites for hydroxylation is 2. The molecule has 5 rings (SSSR count). The lowest BCUT2D eigenvalue weighted by molar-refractivity contribution is -0.132. The van der Waals surface area contributed by atoms with Crippen molar-refractivity contribution in [2.75, 3.05) is 4.90 Å². The predicted molar refractivity (Wildman–Crippen MR) is 121 cm³/mol. The van der Waals surface area contributed by atoms with E-state index < -0.39 is 17.7 Å². The van der Waals surface area contributed by atoms with Gasteiger partial charge in [0.25, 0.3) is 5.78 Å². The van der Waals surface area contributed by atoms with Crippen molar-refractivity contribution < 1.29 is 19.2 Å². The molecule has 0 spiro atoms. The molecule has 1 saturated heterocycles. The molecule has 0 radical (unpaired) electrons. The van der Waals surface area contributed by atoms with E-state index in [4.69, 9.17) is 4.52 Å². The van der Waals surface area contributed by atoms with Crippen molar-refractivity contribution in [2.45, 2.75) is 19.9 Å². The molecule has 158 valence electrons. The molecule has 2 heterocycles. The zero-order chi connectivity index (χ0) is 22.4. The van der Waals surface area contributed by atoms with E-state index in [1.807, 2.05) is 67.6 Å². The van der Waals surface area contributed by atoms with Gasteiger partial charge in [0.2, 0.25) is 0 Å². The lowest BCUT2D eigenvalue weighted by Crippen LogP contribution is -2.29. The van der Waals surface area contributed by atoms with Crippen LogP contribution in [0.5, 0.6) is 0 Å². The molecule has 1 aromatic heterocycles. The number of Topliss-reactive ketones (excluding diaryl/α,β-unsaturated/α-hetero) is 1. The Hall–Kier alpha value is -4.19. The highest BCUT2D eigenvalue weighted by Gasteiger charge is 2.48. The number of benzene rings is 3. The van der Waals surface area contributed by atoms with Crippen LogP contribution in [0.1, 0.15) is 28.5 Å². The van der Waals surface area contributed by atoms with Gasteiger partial charge in [0.1, 0.15) is 11.5 Å². The Morgan fingerprint density at radius 2 is 1.66 bits per heavy atom. The second-order valence-corrected chi connectivity index (χ2v) is 7.94. The summed E-state index contributed by atoms with van der Waals surface area (Å²) >= 11 is 0. The van der Waals surface area contributed by atoms with Gasteiger partial charge in [-0.15, -0.1) is 0 Å². The normalized spacial score (nSPS) is 17.9. The molecule has 1 aliphatic heterocycles. The van der Waals surface area contributed by atoms with E-state index in [2.05, 4.69) is 5.16 Å². The van der Waals surface area contributed by atoms with Crippen molar-refractivity contribution in [1.82, 2.24) is 5.16 Å². The zero-order valence-electron chi connectivity index (χ0n) is 17.6. The topological polar surface area (TPSA) is 83.6 Å². The molecule has 3 aromatic carbocycles. The molecular formula is C26H20N2O4. The molecule has 1 aliphatic rings. The summed E-state index contributed by atoms with van der Waals surface area (Å²) in [4.78, 5) is 27.5. The fraction of sp³-hybridized carbons (Fsp3) is 0.115. The molecule has 0 saturated carbocycles. The third-order valence-electron chi connectivity index (χ3n) is 5.72. The minimum absolute atomic E-state index is 0.0230. The Morgan fingerprint density at radius 1 is 0.938 bits per heavy atom. The van der Waals surface area contributed by atoms with Crippen LogP contribution in [0.3, 0.4) is 0 Å². The molecule has 6 heteroatoms. The minimum atomic E-state index is -0.827. The van der Waals surface area contributed by atoms with Crippen molar-refractivity contribution in [3.05, 3.63) is 101 Å². The Labute approximate surface area is 184 Å². The first kappa shape index (κ1) is 19.8. The highest BCUT2D eigenvalue weighted by Crippen LogP contribution is 2.42. The summed E-state index contributed by atoms with van der Waals surface area (Å²) in [7, 11) is 0. The summed E-state index contributed by atoms with van der Waals surface area (Å²) in [6.07, 6.45) is 0. The van der Waals surface area contributed by atoms with E-state index in [0.717, 1.165) is 16.3 Å². The van der Waals surface area contributed by atoms with Crippen LogP contribution in [0.2, 0.25) is 0 Å². The number of carbonyl (C=O) groups is 2. The summed E-state index contributed by atoms with van der Waals surface area (Å²) in [6, 6.07) is 21.4. The minimum Gasteiger partial charge on any atom is -0.507 e. The predicted octanol–water partition coefficient (Wildman–Crippen LogP) is 5.07. The van der Waals surface area contributed by atoms with Crippen molar-refractivity contribution >= 4 is 34.0 Å². The van der Waals surface area contributed by atoms with Gasteiger partial charge >= 0.3 is 5.91 Å².